The lowest BCUT2D eigenvalue weighted by molar-refractivity contribution is 0.102. The molecule has 0 unspecified atom stereocenters. The normalized spacial score (nSPS) is 10.0. The summed E-state index contributed by atoms with van der Waals surface area (Å²) < 4.78 is 5.16. The number of nitrogens with two attached hydrogens (primary N) is 1. The number of amides is 1. The Hall–Kier alpha value is -2.33. The zero-order valence-corrected chi connectivity index (χ0v) is 10.7. The number of nitrogens with one attached hydrogen (secondary N) is 1. The van der Waals surface area contributed by atoms with Crippen molar-refractivity contribution >= 4 is 11.6 Å². The highest BCUT2D eigenvalue weighted by atomic mass is 16.5. The molecule has 19 heavy (non-hydrogen) atoms. The lowest BCUT2D eigenvalue weighted by atomic mass is 10.1. The molecule has 2 rings (SSSR count). The van der Waals surface area contributed by atoms with Gasteiger partial charge in [0.25, 0.3) is 5.91 Å². The van der Waals surface area contributed by atoms with Crippen LogP contribution < -0.4 is 15.8 Å². The molecule has 0 aliphatic heterocycles. The molecule has 0 atom stereocenters. The molecule has 0 saturated heterocycles. The Morgan fingerprint density at radius 1 is 1.16 bits per heavy atom. The van der Waals surface area contributed by atoms with E-state index in [1.807, 2.05) is 30.3 Å². The quantitative estimate of drug-likeness (QED) is 0.883. The molecule has 0 fully saturated rings. The van der Waals surface area contributed by atoms with Crippen molar-refractivity contribution in [1.82, 2.24) is 0 Å². The molecule has 3 N–H and O–H groups in total. The fourth-order valence-corrected chi connectivity index (χ4v) is 1.75. The molecule has 0 aliphatic rings. The number of anilines is 1. The average Bonchev–Trinajstić information content (AvgIpc) is 2.48. The lowest BCUT2D eigenvalue weighted by Gasteiger charge is -2.09. The van der Waals surface area contributed by atoms with E-state index in [-0.39, 0.29) is 5.91 Å². The van der Waals surface area contributed by atoms with Crippen LogP contribution in [0.1, 0.15) is 15.9 Å². The van der Waals surface area contributed by atoms with Crippen molar-refractivity contribution in [3.63, 3.8) is 0 Å². The van der Waals surface area contributed by atoms with Gasteiger partial charge in [0.05, 0.1) is 12.7 Å². The summed E-state index contributed by atoms with van der Waals surface area (Å²) in [7, 11) is 1.54. The minimum atomic E-state index is -0.196. The summed E-state index contributed by atoms with van der Waals surface area (Å²) in [5, 5.41) is 2.82. The second-order valence-corrected chi connectivity index (χ2v) is 4.06. The van der Waals surface area contributed by atoms with E-state index in [1.54, 1.807) is 25.3 Å². The van der Waals surface area contributed by atoms with Gasteiger partial charge in [0.2, 0.25) is 0 Å². The molecule has 0 spiro atoms. The van der Waals surface area contributed by atoms with Crippen LogP contribution in [0.2, 0.25) is 0 Å². The van der Waals surface area contributed by atoms with Crippen LogP contribution in [-0.2, 0) is 6.54 Å². The van der Waals surface area contributed by atoms with Crippen molar-refractivity contribution in [2.24, 2.45) is 5.73 Å². The molecule has 0 heterocycles. The van der Waals surface area contributed by atoms with Crippen molar-refractivity contribution in [3.05, 3.63) is 59.7 Å². The van der Waals surface area contributed by atoms with E-state index < -0.39 is 0 Å². The third kappa shape index (κ3) is 3.11. The number of hydrogen-bond donors (Lipinski definition) is 2. The minimum absolute atomic E-state index is 0.196. The Morgan fingerprint density at radius 2 is 1.84 bits per heavy atom. The summed E-state index contributed by atoms with van der Waals surface area (Å²) in [5.41, 5.74) is 7.79. The summed E-state index contributed by atoms with van der Waals surface area (Å²) in [6.07, 6.45) is 0. The molecule has 4 nitrogen and oxygen atoms in total. The summed E-state index contributed by atoms with van der Waals surface area (Å²) in [6, 6.07) is 14.5. The molecule has 98 valence electrons. The van der Waals surface area contributed by atoms with E-state index in [0.29, 0.717) is 17.9 Å². The van der Waals surface area contributed by atoms with Crippen LogP contribution in [0.4, 0.5) is 5.69 Å². The van der Waals surface area contributed by atoms with Gasteiger partial charge < -0.3 is 15.8 Å². The first-order valence-electron chi connectivity index (χ1n) is 5.98. The van der Waals surface area contributed by atoms with Gasteiger partial charge in [-0.15, -0.1) is 0 Å². The molecule has 4 heteroatoms. The van der Waals surface area contributed by atoms with Crippen molar-refractivity contribution in [3.8, 4) is 5.75 Å². The zero-order valence-electron chi connectivity index (χ0n) is 10.7. The molecule has 0 bridgehead atoms. The van der Waals surface area contributed by atoms with Crippen LogP contribution in [0, 0.1) is 0 Å². The molecule has 0 aliphatic carbocycles. The van der Waals surface area contributed by atoms with E-state index in [1.165, 1.54) is 0 Å². The van der Waals surface area contributed by atoms with E-state index >= 15 is 0 Å². The number of ether oxygens (including phenoxy) is 1. The van der Waals surface area contributed by atoms with Crippen LogP contribution in [0.3, 0.4) is 0 Å². The Morgan fingerprint density at radius 3 is 2.47 bits per heavy atom. The predicted molar refractivity (Wildman–Crippen MR) is 75.3 cm³/mol. The molecular formula is C15H16N2O2. The second kappa shape index (κ2) is 6.02. The highest BCUT2D eigenvalue weighted by molar-refractivity contribution is 6.06. The highest BCUT2D eigenvalue weighted by Crippen LogP contribution is 2.19. The fraction of sp³-hybridized carbons (Fsp3) is 0.133. The van der Waals surface area contributed by atoms with Gasteiger partial charge in [-0.25, -0.2) is 0 Å². The number of carbonyl (C=O) groups excluding carboxylic acids is 1. The largest absolute Gasteiger partial charge is 0.496 e. The van der Waals surface area contributed by atoms with Gasteiger partial charge in [-0.3, -0.25) is 4.79 Å². The first kappa shape index (κ1) is 13.1. The zero-order chi connectivity index (χ0) is 13.7. The van der Waals surface area contributed by atoms with Gasteiger partial charge in [-0.05, 0) is 29.8 Å². The molecule has 0 saturated carbocycles. The molecule has 0 radical (unpaired) electrons. The van der Waals surface area contributed by atoms with Crippen LogP contribution in [0.5, 0.6) is 5.75 Å². The fourth-order valence-electron chi connectivity index (χ4n) is 1.75. The number of benzene rings is 2. The number of methoxy groups -OCH3 is 1. The Kier molecular flexibility index (Phi) is 4.15. The smallest absolute Gasteiger partial charge is 0.259 e. The summed E-state index contributed by atoms with van der Waals surface area (Å²) in [5.74, 6) is 0.358. The topological polar surface area (TPSA) is 64.3 Å². The van der Waals surface area contributed by atoms with Crippen molar-refractivity contribution in [1.29, 1.82) is 0 Å². The predicted octanol–water partition coefficient (Wildman–Crippen LogP) is 2.41. The third-order valence-electron chi connectivity index (χ3n) is 2.80. The molecule has 0 aromatic heterocycles. The van der Waals surface area contributed by atoms with Crippen LogP contribution in [0.15, 0.2) is 48.5 Å². The van der Waals surface area contributed by atoms with Crippen LogP contribution in [-0.4, -0.2) is 13.0 Å². The summed E-state index contributed by atoms with van der Waals surface area (Å²) in [6.45, 7) is 0.487. The number of carbonyl (C=O) groups is 1. The standard InChI is InChI=1S/C15H16N2O2/c1-19-14-5-3-2-4-13(14)15(18)17-12-8-6-11(10-16)7-9-12/h2-9H,10,16H2,1H3,(H,17,18). The Labute approximate surface area is 112 Å². The maximum absolute atomic E-state index is 12.1. The highest BCUT2D eigenvalue weighted by Gasteiger charge is 2.11. The Bertz CT molecular complexity index is 565. The molecule has 2 aromatic carbocycles. The molecular weight excluding hydrogens is 240 g/mol. The second-order valence-electron chi connectivity index (χ2n) is 4.06. The maximum Gasteiger partial charge on any atom is 0.259 e. The lowest BCUT2D eigenvalue weighted by Crippen LogP contribution is -2.13. The van der Waals surface area contributed by atoms with E-state index in [2.05, 4.69) is 5.32 Å². The first-order chi connectivity index (χ1) is 9.24. The summed E-state index contributed by atoms with van der Waals surface area (Å²) in [4.78, 5) is 12.1. The number of rotatable bonds is 4. The SMILES string of the molecule is COc1ccccc1C(=O)Nc1ccc(CN)cc1. The number of hydrogen-bond acceptors (Lipinski definition) is 3. The Balaban J connectivity index is 2.16. The number of para-hydroxylation sites is 1. The molecule has 2 aromatic rings. The first-order valence-corrected chi connectivity index (χ1v) is 5.98. The van der Waals surface area contributed by atoms with Gasteiger partial charge in [0.15, 0.2) is 0 Å². The van der Waals surface area contributed by atoms with Gasteiger partial charge in [-0.2, -0.15) is 0 Å². The minimum Gasteiger partial charge on any atom is -0.496 e. The van der Waals surface area contributed by atoms with E-state index in [9.17, 15) is 4.79 Å². The van der Waals surface area contributed by atoms with Crippen LogP contribution in [0.25, 0.3) is 0 Å². The van der Waals surface area contributed by atoms with Crippen molar-refractivity contribution < 1.29 is 9.53 Å². The van der Waals surface area contributed by atoms with Gasteiger partial charge in [0.1, 0.15) is 5.75 Å². The van der Waals surface area contributed by atoms with Gasteiger partial charge in [0, 0.05) is 12.2 Å². The van der Waals surface area contributed by atoms with Crippen molar-refractivity contribution in [2.45, 2.75) is 6.54 Å². The van der Waals surface area contributed by atoms with E-state index in [4.69, 9.17) is 10.5 Å². The average molecular weight is 256 g/mol. The van der Waals surface area contributed by atoms with Gasteiger partial charge >= 0.3 is 0 Å². The monoisotopic (exact) mass is 256 g/mol. The molecule has 1 amide bonds. The third-order valence-corrected chi connectivity index (χ3v) is 2.80. The van der Waals surface area contributed by atoms with Crippen molar-refractivity contribution in [2.75, 3.05) is 12.4 Å². The van der Waals surface area contributed by atoms with Gasteiger partial charge in [-0.1, -0.05) is 24.3 Å². The van der Waals surface area contributed by atoms with E-state index in [0.717, 1.165) is 11.3 Å². The summed E-state index contributed by atoms with van der Waals surface area (Å²) >= 11 is 0. The van der Waals surface area contributed by atoms with Crippen LogP contribution >= 0.6 is 0 Å². The maximum atomic E-state index is 12.1.